The van der Waals surface area contributed by atoms with E-state index in [2.05, 4.69) is 10.3 Å². The van der Waals surface area contributed by atoms with E-state index in [1.165, 1.54) is 6.20 Å². The van der Waals surface area contributed by atoms with Crippen LogP contribution < -0.4 is 10.1 Å². The topological polar surface area (TPSA) is 68.3 Å². The van der Waals surface area contributed by atoms with Crippen molar-refractivity contribution in [3.63, 3.8) is 0 Å². The number of hydrogen-bond donors (Lipinski definition) is 1. The fourth-order valence-corrected chi connectivity index (χ4v) is 1.19. The van der Waals surface area contributed by atoms with Gasteiger partial charge in [-0.05, 0) is 25.0 Å². The molecule has 0 unspecified atom stereocenters. The summed E-state index contributed by atoms with van der Waals surface area (Å²) in [7, 11) is 0. The van der Waals surface area contributed by atoms with Crippen LogP contribution in [0.3, 0.4) is 0 Å². The van der Waals surface area contributed by atoms with Gasteiger partial charge in [0.25, 0.3) is 5.91 Å². The second-order valence-electron chi connectivity index (χ2n) is 3.67. The molecule has 1 heterocycles. The highest BCUT2D eigenvalue weighted by Gasteiger charge is 2.23. The average molecular weight is 220 g/mol. The van der Waals surface area contributed by atoms with Crippen molar-refractivity contribution in [2.24, 2.45) is 0 Å². The predicted octanol–water partition coefficient (Wildman–Crippen LogP) is 0.552. The third-order valence-corrected chi connectivity index (χ3v) is 2.19. The van der Waals surface area contributed by atoms with E-state index >= 15 is 0 Å². The predicted molar refractivity (Wildman–Crippen MR) is 56.3 cm³/mol. The molecule has 0 aliphatic heterocycles. The summed E-state index contributed by atoms with van der Waals surface area (Å²) in [6, 6.07) is 3.49. The van der Waals surface area contributed by atoms with Gasteiger partial charge in [-0.2, -0.15) is 0 Å². The van der Waals surface area contributed by atoms with Crippen molar-refractivity contribution in [3.05, 3.63) is 24.0 Å². The number of nitrogens with zero attached hydrogens (tertiary/aromatic N) is 1. The van der Waals surface area contributed by atoms with Crippen LogP contribution in [0.4, 0.5) is 0 Å². The second kappa shape index (κ2) is 4.74. The number of rotatable bonds is 5. The van der Waals surface area contributed by atoms with E-state index in [4.69, 9.17) is 4.74 Å². The van der Waals surface area contributed by atoms with Crippen molar-refractivity contribution in [2.45, 2.75) is 18.9 Å². The Kier molecular flexibility index (Phi) is 3.14. The van der Waals surface area contributed by atoms with Crippen molar-refractivity contribution in [3.8, 4) is 5.75 Å². The van der Waals surface area contributed by atoms with Gasteiger partial charge in [-0.15, -0.1) is 0 Å². The van der Waals surface area contributed by atoms with Gasteiger partial charge in [0.05, 0.1) is 6.20 Å². The monoisotopic (exact) mass is 220 g/mol. The van der Waals surface area contributed by atoms with Gasteiger partial charge in [-0.3, -0.25) is 9.59 Å². The Bertz CT molecular complexity index is 385. The molecule has 84 valence electrons. The molecule has 0 aromatic carbocycles. The van der Waals surface area contributed by atoms with Crippen molar-refractivity contribution in [1.82, 2.24) is 10.3 Å². The molecule has 0 saturated heterocycles. The van der Waals surface area contributed by atoms with Crippen molar-refractivity contribution in [2.75, 3.05) is 6.61 Å². The van der Waals surface area contributed by atoms with Crippen LogP contribution in [-0.4, -0.2) is 29.8 Å². The standard InChI is InChI=1S/C11H12N2O3/c14-6-9-3-4-10(5-12-9)16-7-11(15)13-8-1-2-8/h3-6,8H,1-2,7H2,(H,13,15). The molecule has 5 heteroatoms. The summed E-state index contributed by atoms with van der Waals surface area (Å²) in [5.74, 6) is 0.360. The average Bonchev–Trinajstić information content (AvgIpc) is 3.11. The van der Waals surface area contributed by atoms with E-state index in [-0.39, 0.29) is 12.5 Å². The van der Waals surface area contributed by atoms with Gasteiger partial charge in [-0.25, -0.2) is 4.98 Å². The van der Waals surface area contributed by atoms with Gasteiger partial charge in [0.1, 0.15) is 11.4 Å². The van der Waals surface area contributed by atoms with Crippen LogP contribution in [0.5, 0.6) is 5.75 Å². The number of amides is 1. The summed E-state index contributed by atoms with van der Waals surface area (Å²) in [5.41, 5.74) is 0.342. The molecule has 1 aromatic heterocycles. The smallest absolute Gasteiger partial charge is 0.258 e. The van der Waals surface area contributed by atoms with E-state index < -0.39 is 0 Å². The lowest BCUT2D eigenvalue weighted by Gasteiger charge is -2.05. The van der Waals surface area contributed by atoms with Crippen LogP contribution >= 0.6 is 0 Å². The Hall–Kier alpha value is -1.91. The molecule has 0 bridgehead atoms. The Labute approximate surface area is 92.8 Å². The normalized spacial score (nSPS) is 14.2. The van der Waals surface area contributed by atoms with Crippen molar-refractivity contribution in [1.29, 1.82) is 0 Å². The minimum absolute atomic E-state index is 0.0153. The molecule has 1 amide bonds. The number of ether oxygens (including phenoxy) is 1. The molecule has 0 atom stereocenters. The van der Waals surface area contributed by atoms with E-state index in [1.54, 1.807) is 12.1 Å². The molecule has 1 saturated carbocycles. The van der Waals surface area contributed by atoms with Crippen LogP contribution in [-0.2, 0) is 4.79 Å². The van der Waals surface area contributed by atoms with E-state index in [9.17, 15) is 9.59 Å². The van der Waals surface area contributed by atoms with Gasteiger partial charge < -0.3 is 10.1 Å². The largest absolute Gasteiger partial charge is 0.482 e. The van der Waals surface area contributed by atoms with Crippen molar-refractivity contribution < 1.29 is 14.3 Å². The molecule has 1 aliphatic rings. The minimum Gasteiger partial charge on any atom is -0.482 e. The summed E-state index contributed by atoms with van der Waals surface area (Å²) in [6.07, 6.45) is 4.19. The summed E-state index contributed by atoms with van der Waals surface area (Å²) in [4.78, 5) is 25.4. The number of aldehydes is 1. The van der Waals surface area contributed by atoms with Gasteiger partial charge >= 0.3 is 0 Å². The highest BCUT2D eigenvalue weighted by Crippen LogP contribution is 2.18. The van der Waals surface area contributed by atoms with Crippen LogP contribution in [0.15, 0.2) is 18.3 Å². The Morgan fingerprint density at radius 3 is 2.94 bits per heavy atom. The fraction of sp³-hybridized carbons (Fsp3) is 0.364. The Morgan fingerprint density at radius 1 is 1.56 bits per heavy atom. The number of aromatic nitrogens is 1. The quantitative estimate of drug-likeness (QED) is 0.736. The first-order valence-electron chi connectivity index (χ1n) is 5.11. The molecule has 1 fully saturated rings. The van der Waals surface area contributed by atoms with Crippen LogP contribution in [0, 0.1) is 0 Å². The number of carbonyl (C=O) groups is 2. The molecule has 2 rings (SSSR count). The lowest BCUT2D eigenvalue weighted by molar-refractivity contribution is -0.123. The van der Waals surface area contributed by atoms with E-state index in [0.717, 1.165) is 12.8 Å². The Balaban J connectivity index is 1.79. The number of carbonyl (C=O) groups excluding carboxylic acids is 2. The Morgan fingerprint density at radius 2 is 2.38 bits per heavy atom. The van der Waals surface area contributed by atoms with Gasteiger partial charge in [0.2, 0.25) is 0 Å². The minimum atomic E-state index is -0.123. The molecule has 0 radical (unpaired) electrons. The maximum Gasteiger partial charge on any atom is 0.258 e. The zero-order valence-corrected chi connectivity index (χ0v) is 8.68. The lowest BCUT2D eigenvalue weighted by Crippen LogP contribution is -2.30. The third-order valence-electron chi connectivity index (χ3n) is 2.19. The SMILES string of the molecule is O=Cc1ccc(OCC(=O)NC2CC2)cn1. The first-order valence-corrected chi connectivity index (χ1v) is 5.11. The first-order chi connectivity index (χ1) is 7.78. The molecule has 1 N–H and O–H groups in total. The van der Waals surface area contributed by atoms with Gasteiger partial charge in [-0.1, -0.05) is 0 Å². The molecule has 1 aliphatic carbocycles. The summed E-state index contributed by atoms with van der Waals surface area (Å²) >= 11 is 0. The van der Waals surface area contributed by atoms with Gasteiger partial charge in [0.15, 0.2) is 12.9 Å². The summed E-state index contributed by atoms with van der Waals surface area (Å²) in [6.45, 7) is -0.0153. The number of hydrogen-bond acceptors (Lipinski definition) is 4. The van der Waals surface area contributed by atoms with E-state index in [1.807, 2.05) is 0 Å². The molecule has 0 spiro atoms. The van der Waals surface area contributed by atoms with Crippen LogP contribution in [0.25, 0.3) is 0 Å². The maximum absolute atomic E-state index is 11.3. The number of pyridine rings is 1. The van der Waals surface area contributed by atoms with Crippen LogP contribution in [0.1, 0.15) is 23.3 Å². The first kappa shape index (κ1) is 10.6. The summed E-state index contributed by atoms with van der Waals surface area (Å²) in [5, 5.41) is 2.81. The zero-order valence-electron chi connectivity index (χ0n) is 8.68. The molecular weight excluding hydrogens is 208 g/mol. The maximum atomic E-state index is 11.3. The zero-order chi connectivity index (χ0) is 11.4. The highest BCUT2D eigenvalue weighted by molar-refractivity contribution is 5.78. The lowest BCUT2D eigenvalue weighted by atomic mass is 10.4. The molecule has 16 heavy (non-hydrogen) atoms. The summed E-state index contributed by atoms with van der Waals surface area (Å²) < 4.78 is 5.21. The molecular formula is C11H12N2O3. The molecule has 5 nitrogen and oxygen atoms in total. The fourth-order valence-electron chi connectivity index (χ4n) is 1.19. The van der Waals surface area contributed by atoms with Crippen molar-refractivity contribution >= 4 is 12.2 Å². The highest BCUT2D eigenvalue weighted by atomic mass is 16.5. The van der Waals surface area contributed by atoms with Crippen LogP contribution in [0.2, 0.25) is 0 Å². The van der Waals surface area contributed by atoms with Gasteiger partial charge in [0, 0.05) is 6.04 Å². The number of nitrogens with one attached hydrogen (secondary N) is 1. The molecule has 1 aromatic rings. The second-order valence-corrected chi connectivity index (χ2v) is 3.67. The van der Waals surface area contributed by atoms with E-state index in [0.29, 0.717) is 23.8 Å². The third kappa shape index (κ3) is 3.05.